The molecular formula is C19H22N2O3. The maximum Gasteiger partial charge on any atom is 0.231 e. The van der Waals surface area contributed by atoms with Crippen molar-refractivity contribution in [1.82, 2.24) is 4.90 Å². The molecule has 0 saturated carbocycles. The van der Waals surface area contributed by atoms with E-state index in [9.17, 15) is 4.79 Å². The minimum Gasteiger partial charge on any atom is -0.454 e. The second-order valence-electron chi connectivity index (χ2n) is 6.09. The van der Waals surface area contributed by atoms with Crippen LogP contribution < -0.4 is 14.8 Å². The number of nitrogens with zero attached hydrogens (tertiary/aromatic N) is 1. The Morgan fingerprint density at radius 1 is 1.12 bits per heavy atom. The van der Waals surface area contributed by atoms with E-state index >= 15 is 0 Å². The van der Waals surface area contributed by atoms with Gasteiger partial charge in [0.15, 0.2) is 11.5 Å². The van der Waals surface area contributed by atoms with Crippen molar-refractivity contribution in [3.8, 4) is 11.5 Å². The highest BCUT2D eigenvalue weighted by atomic mass is 16.7. The molecule has 3 rings (SSSR count). The molecule has 2 aromatic rings. The van der Waals surface area contributed by atoms with Crippen LogP contribution in [0.1, 0.15) is 17.5 Å². The van der Waals surface area contributed by atoms with E-state index < -0.39 is 0 Å². The van der Waals surface area contributed by atoms with Crippen molar-refractivity contribution in [2.45, 2.75) is 19.9 Å². The van der Waals surface area contributed by atoms with Gasteiger partial charge in [-0.3, -0.25) is 4.79 Å². The standard InChI is InChI=1S/C19H22N2O3/c1-14-3-5-15(6-4-14)12-21(2)10-9-19(22)20-16-7-8-17-18(11-16)24-13-23-17/h3-8,11H,9-10,12-13H2,1-2H3,(H,20,22). The minimum absolute atomic E-state index is 0.00961. The number of hydrogen-bond acceptors (Lipinski definition) is 4. The zero-order chi connectivity index (χ0) is 16.9. The average Bonchev–Trinajstić information content (AvgIpc) is 3.03. The number of rotatable bonds is 6. The number of hydrogen-bond donors (Lipinski definition) is 1. The van der Waals surface area contributed by atoms with Gasteiger partial charge in [-0.1, -0.05) is 29.8 Å². The summed E-state index contributed by atoms with van der Waals surface area (Å²) in [6.07, 6.45) is 0.441. The zero-order valence-corrected chi connectivity index (χ0v) is 14.0. The lowest BCUT2D eigenvalue weighted by atomic mass is 10.1. The van der Waals surface area contributed by atoms with E-state index in [2.05, 4.69) is 41.4 Å². The summed E-state index contributed by atoms with van der Waals surface area (Å²) in [4.78, 5) is 14.2. The average molecular weight is 326 g/mol. The summed E-state index contributed by atoms with van der Waals surface area (Å²) in [5, 5.41) is 2.90. The van der Waals surface area contributed by atoms with Gasteiger partial charge >= 0.3 is 0 Å². The largest absolute Gasteiger partial charge is 0.454 e. The molecule has 1 heterocycles. The van der Waals surface area contributed by atoms with Gasteiger partial charge in [0.2, 0.25) is 12.7 Å². The molecule has 0 unspecified atom stereocenters. The van der Waals surface area contributed by atoms with E-state index in [1.165, 1.54) is 11.1 Å². The molecule has 2 aromatic carbocycles. The Balaban J connectivity index is 1.45. The highest BCUT2D eigenvalue weighted by molar-refractivity contribution is 5.91. The lowest BCUT2D eigenvalue weighted by Crippen LogP contribution is -2.24. The first-order valence-corrected chi connectivity index (χ1v) is 8.04. The van der Waals surface area contributed by atoms with Gasteiger partial charge in [-0.05, 0) is 31.7 Å². The molecular weight excluding hydrogens is 304 g/mol. The summed E-state index contributed by atoms with van der Waals surface area (Å²) in [5.41, 5.74) is 3.23. The molecule has 0 atom stereocenters. The third-order valence-electron chi connectivity index (χ3n) is 3.95. The maximum absolute atomic E-state index is 12.1. The van der Waals surface area contributed by atoms with Gasteiger partial charge < -0.3 is 19.7 Å². The van der Waals surface area contributed by atoms with Crippen molar-refractivity contribution in [3.63, 3.8) is 0 Å². The van der Waals surface area contributed by atoms with Gasteiger partial charge in [0.25, 0.3) is 0 Å². The van der Waals surface area contributed by atoms with Gasteiger partial charge in [0, 0.05) is 31.3 Å². The fourth-order valence-electron chi connectivity index (χ4n) is 2.57. The number of anilines is 1. The summed E-state index contributed by atoms with van der Waals surface area (Å²) < 4.78 is 10.6. The fourth-order valence-corrected chi connectivity index (χ4v) is 2.57. The van der Waals surface area contributed by atoms with Crippen LogP contribution in [0.25, 0.3) is 0 Å². The summed E-state index contributed by atoms with van der Waals surface area (Å²) in [6, 6.07) is 13.9. The molecule has 1 amide bonds. The Morgan fingerprint density at radius 3 is 2.67 bits per heavy atom. The monoisotopic (exact) mass is 326 g/mol. The van der Waals surface area contributed by atoms with Gasteiger partial charge in [0.1, 0.15) is 0 Å². The summed E-state index contributed by atoms with van der Waals surface area (Å²) in [6.45, 7) is 3.84. The molecule has 1 aliphatic heterocycles. The van der Waals surface area contributed by atoms with Crippen LogP contribution in [0.4, 0.5) is 5.69 Å². The molecule has 0 aliphatic carbocycles. The predicted molar refractivity (Wildman–Crippen MR) is 93.3 cm³/mol. The quantitative estimate of drug-likeness (QED) is 0.886. The van der Waals surface area contributed by atoms with Crippen molar-refractivity contribution in [3.05, 3.63) is 53.6 Å². The molecule has 0 spiro atoms. The van der Waals surface area contributed by atoms with Crippen LogP contribution in [-0.4, -0.2) is 31.2 Å². The molecule has 0 fully saturated rings. The number of ether oxygens (including phenoxy) is 2. The predicted octanol–water partition coefficient (Wildman–Crippen LogP) is 3.18. The minimum atomic E-state index is -0.00961. The van der Waals surface area contributed by atoms with Crippen molar-refractivity contribution < 1.29 is 14.3 Å². The number of aryl methyl sites for hydroxylation is 1. The first-order chi connectivity index (χ1) is 11.6. The second kappa shape index (κ2) is 7.36. The third-order valence-corrected chi connectivity index (χ3v) is 3.95. The van der Waals surface area contributed by atoms with Crippen LogP contribution in [-0.2, 0) is 11.3 Å². The van der Waals surface area contributed by atoms with E-state index in [1.54, 1.807) is 6.07 Å². The van der Waals surface area contributed by atoms with Crippen LogP contribution in [0.15, 0.2) is 42.5 Å². The van der Waals surface area contributed by atoms with Crippen LogP contribution in [0.5, 0.6) is 11.5 Å². The molecule has 0 radical (unpaired) electrons. The topological polar surface area (TPSA) is 50.8 Å². The van der Waals surface area contributed by atoms with Crippen molar-refractivity contribution in [2.75, 3.05) is 25.7 Å². The number of fused-ring (bicyclic) bond motifs is 1. The number of carbonyl (C=O) groups excluding carboxylic acids is 1. The first-order valence-electron chi connectivity index (χ1n) is 8.04. The van der Waals surface area contributed by atoms with Gasteiger partial charge in [-0.15, -0.1) is 0 Å². The molecule has 0 aromatic heterocycles. The van der Waals surface area contributed by atoms with E-state index in [0.29, 0.717) is 24.5 Å². The fraction of sp³-hybridized carbons (Fsp3) is 0.316. The maximum atomic E-state index is 12.1. The molecule has 0 saturated heterocycles. The van der Waals surface area contributed by atoms with E-state index in [0.717, 1.165) is 12.2 Å². The lowest BCUT2D eigenvalue weighted by Gasteiger charge is -2.16. The highest BCUT2D eigenvalue weighted by Gasteiger charge is 2.14. The first kappa shape index (κ1) is 16.3. The number of amides is 1. The van der Waals surface area contributed by atoms with Gasteiger partial charge in [0.05, 0.1) is 0 Å². The van der Waals surface area contributed by atoms with Crippen LogP contribution >= 0.6 is 0 Å². The number of benzene rings is 2. The van der Waals surface area contributed by atoms with E-state index in [4.69, 9.17) is 9.47 Å². The normalized spacial score (nSPS) is 12.5. The molecule has 0 bridgehead atoms. The Kier molecular flexibility index (Phi) is 5.01. The zero-order valence-electron chi connectivity index (χ0n) is 14.0. The Morgan fingerprint density at radius 2 is 1.88 bits per heavy atom. The number of nitrogens with one attached hydrogen (secondary N) is 1. The smallest absolute Gasteiger partial charge is 0.231 e. The SMILES string of the molecule is Cc1ccc(CN(C)CCC(=O)Nc2ccc3c(c2)OCO3)cc1. The van der Waals surface area contributed by atoms with Crippen LogP contribution in [0.2, 0.25) is 0 Å². The molecule has 5 heteroatoms. The molecule has 126 valence electrons. The van der Waals surface area contributed by atoms with Crippen molar-refractivity contribution >= 4 is 11.6 Å². The van der Waals surface area contributed by atoms with Gasteiger partial charge in [-0.25, -0.2) is 0 Å². The summed E-state index contributed by atoms with van der Waals surface area (Å²) in [7, 11) is 2.02. The molecule has 1 N–H and O–H groups in total. The van der Waals surface area contributed by atoms with Gasteiger partial charge in [-0.2, -0.15) is 0 Å². The number of carbonyl (C=O) groups is 1. The van der Waals surface area contributed by atoms with Crippen molar-refractivity contribution in [2.24, 2.45) is 0 Å². The Labute approximate surface area is 142 Å². The molecule has 5 nitrogen and oxygen atoms in total. The summed E-state index contributed by atoms with van der Waals surface area (Å²) >= 11 is 0. The Hall–Kier alpha value is -2.53. The van der Waals surface area contributed by atoms with Crippen LogP contribution in [0.3, 0.4) is 0 Å². The van der Waals surface area contributed by atoms with E-state index in [-0.39, 0.29) is 12.7 Å². The lowest BCUT2D eigenvalue weighted by molar-refractivity contribution is -0.116. The molecule has 24 heavy (non-hydrogen) atoms. The van der Waals surface area contributed by atoms with E-state index in [1.807, 2.05) is 19.2 Å². The summed E-state index contributed by atoms with van der Waals surface area (Å²) in [5.74, 6) is 1.37. The van der Waals surface area contributed by atoms with Crippen molar-refractivity contribution in [1.29, 1.82) is 0 Å². The third kappa shape index (κ3) is 4.26. The highest BCUT2D eigenvalue weighted by Crippen LogP contribution is 2.34. The Bertz CT molecular complexity index is 713. The second-order valence-corrected chi connectivity index (χ2v) is 6.09. The van der Waals surface area contributed by atoms with Crippen LogP contribution in [0, 0.1) is 6.92 Å². The molecule has 1 aliphatic rings.